The molecule has 0 aliphatic rings. The van der Waals surface area contributed by atoms with E-state index >= 15 is 0 Å². The van der Waals surface area contributed by atoms with Crippen LogP contribution in [0.4, 0.5) is 0 Å². The second-order valence-electron chi connectivity index (χ2n) is 7.04. The minimum absolute atomic E-state index is 0.153. The Kier molecular flexibility index (Phi) is 9.06. The lowest BCUT2D eigenvalue weighted by atomic mass is 10.0. The van der Waals surface area contributed by atoms with Gasteiger partial charge in [-0.2, -0.15) is 0 Å². The van der Waals surface area contributed by atoms with Gasteiger partial charge in [0.2, 0.25) is 0 Å². The average Bonchev–Trinajstić information content (AvgIpc) is 2.68. The first-order valence-corrected chi connectivity index (χ1v) is 10.1. The van der Waals surface area contributed by atoms with Crippen LogP contribution in [0.3, 0.4) is 0 Å². The molecule has 0 aliphatic heterocycles. The second-order valence-corrected chi connectivity index (χ2v) is 7.04. The van der Waals surface area contributed by atoms with Crippen molar-refractivity contribution in [3.8, 4) is 16.9 Å². The Morgan fingerprint density at radius 2 is 1.52 bits per heavy atom. The Morgan fingerprint density at radius 1 is 0.889 bits per heavy atom. The van der Waals surface area contributed by atoms with E-state index in [9.17, 15) is 4.79 Å². The summed E-state index contributed by atoms with van der Waals surface area (Å²) in [5.74, 6) is 0.457. The smallest absolute Gasteiger partial charge is 0.311 e. The number of hydrogen-bond donors (Lipinski definition) is 0. The maximum Gasteiger partial charge on any atom is 0.311 e. The summed E-state index contributed by atoms with van der Waals surface area (Å²) in [5, 5.41) is 0. The predicted molar refractivity (Wildman–Crippen MR) is 111 cm³/mol. The Labute approximate surface area is 163 Å². The molecule has 1 unspecified atom stereocenters. The van der Waals surface area contributed by atoms with Crippen LogP contribution in [0.1, 0.15) is 58.4 Å². The number of benzene rings is 2. The Hall–Kier alpha value is -2.13. The van der Waals surface area contributed by atoms with Gasteiger partial charge in [0.1, 0.15) is 5.75 Å². The molecule has 2 rings (SSSR count). The highest BCUT2D eigenvalue weighted by molar-refractivity contribution is 5.73. The van der Waals surface area contributed by atoms with Crippen LogP contribution in [-0.4, -0.2) is 18.7 Å². The number of carbonyl (C=O) groups is 1. The minimum Gasteiger partial charge on any atom is -0.427 e. The third-order valence-electron chi connectivity index (χ3n) is 4.49. The van der Waals surface area contributed by atoms with Gasteiger partial charge in [0.15, 0.2) is 0 Å². The molecule has 0 saturated heterocycles. The van der Waals surface area contributed by atoms with E-state index in [2.05, 4.69) is 45.0 Å². The molecule has 3 heteroatoms. The van der Waals surface area contributed by atoms with E-state index in [0.717, 1.165) is 49.8 Å². The largest absolute Gasteiger partial charge is 0.427 e. The summed E-state index contributed by atoms with van der Waals surface area (Å²) in [6.45, 7) is 7.18. The lowest BCUT2D eigenvalue weighted by molar-refractivity contribution is -0.134. The van der Waals surface area contributed by atoms with E-state index < -0.39 is 0 Å². The van der Waals surface area contributed by atoms with Gasteiger partial charge in [-0.15, -0.1) is 0 Å². The quantitative estimate of drug-likeness (QED) is 0.269. The molecule has 0 aromatic heterocycles. The van der Waals surface area contributed by atoms with Gasteiger partial charge < -0.3 is 9.47 Å². The zero-order valence-corrected chi connectivity index (χ0v) is 16.9. The average molecular weight is 369 g/mol. The normalized spacial score (nSPS) is 12.0. The summed E-state index contributed by atoms with van der Waals surface area (Å²) >= 11 is 0. The van der Waals surface area contributed by atoms with Crippen LogP contribution >= 0.6 is 0 Å². The van der Waals surface area contributed by atoms with Crippen molar-refractivity contribution in [3.63, 3.8) is 0 Å². The molecule has 3 nitrogen and oxygen atoms in total. The standard InChI is InChI=1S/C24H32O3/c1-4-6-7-8-24(25)27-23-15-13-22(14-16-23)21-11-9-20(10-12-21)18-19(3)26-17-5-2/h9-16,19H,4-8,17-18H2,1-3H3. The van der Waals surface area contributed by atoms with Crippen molar-refractivity contribution in [3.05, 3.63) is 54.1 Å². The fraction of sp³-hybridized carbons (Fsp3) is 0.458. The first kappa shape index (κ1) is 21.2. The van der Waals surface area contributed by atoms with Crippen LogP contribution in [-0.2, 0) is 16.0 Å². The maximum absolute atomic E-state index is 11.8. The van der Waals surface area contributed by atoms with Crippen LogP contribution in [0.25, 0.3) is 11.1 Å². The van der Waals surface area contributed by atoms with Crippen molar-refractivity contribution in [1.82, 2.24) is 0 Å². The molecule has 0 radical (unpaired) electrons. The van der Waals surface area contributed by atoms with Crippen molar-refractivity contribution >= 4 is 5.97 Å². The van der Waals surface area contributed by atoms with Crippen molar-refractivity contribution in [2.45, 2.75) is 65.4 Å². The van der Waals surface area contributed by atoms with Crippen LogP contribution in [0.2, 0.25) is 0 Å². The molecule has 0 amide bonds. The van der Waals surface area contributed by atoms with Crippen LogP contribution in [0.5, 0.6) is 5.75 Å². The molecule has 0 saturated carbocycles. The van der Waals surface area contributed by atoms with Crippen molar-refractivity contribution in [2.24, 2.45) is 0 Å². The van der Waals surface area contributed by atoms with Crippen molar-refractivity contribution in [2.75, 3.05) is 6.61 Å². The Bertz CT molecular complexity index is 674. The molecule has 0 heterocycles. The summed E-state index contributed by atoms with van der Waals surface area (Å²) in [7, 11) is 0. The molecular formula is C24H32O3. The second kappa shape index (κ2) is 11.6. The van der Waals surface area contributed by atoms with Gasteiger partial charge in [0.25, 0.3) is 0 Å². The lowest BCUT2D eigenvalue weighted by Gasteiger charge is -2.13. The summed E-state index contributed by atoms with van der Waals surface area (Å²) in [6, 6.07) is 16.3. The highest BCUT2D eigenvalue weighted by Crippen LogP contribution is 2.23. The Morgan fingerprint density at radius 3 is 2.11 bits per heavy atom. The van der Waals surface area contributed by atoms with Crippen LogP contribution < -0.4 is 4.74 Å². The lowest BCUT2D eigenvalue weighted by Crippen LogP contribution is -2.12. The molecule has 0 spiro atoms. The zero-order valence-electron chi connectivity index (χ0n) is 16.9. The van der Waals surface area contributed by atoms with Gasteiger partial charge in [0, 0.05) is 13.0 Å². The molecule has 0 fully saturated rings. The number of unbranched alkanes of at least 4 members (excludes halogenated alkanes) is 2. The Balaban J connectivity index is 1.89. The summed E-state index contributed by atoms with van der Waals surface area (Å²) < 4.78 is 11.1. The van der Waals surface area contributed by atoms with Gasteiger partial charge in [0.05, 0.1) is 6.10 Å². The third-order valence-corrected chi connectivity index (χ3v) is 4.49. The molecule has 0 bridgehead atoms. The fourth-order valence-corrected chi connectivity index (χ4v) is 2.96. The fourth-order valence-electron chi connectivity index (χ4n) is 2.96. The highest BCUT2D eigenvalue weighted by atomic mass is 16.5. The molecule has 2 aromatic rings. The number of hydrogen-bond acceptors (Lipinski definition) is 3. The summed E-state index contributed by atoms with van der Waals surface area (Å²) in [6.07, 6.45) is 5.75. The van der Waals surface area contributed by atoms with Crippen LogP contribution in [0.15, 0.2) is 48.5 Å². The van der Waals surface area contributed by atoms with E-state index in [1.54, 1.807) is 0 Å². The molecule has 146 valence electrons. The molecule has 0 N–H and O–H groups in total. The van der Waals surface area contributed by atoms with Gasteiger partial charge in [-0.3, -0.25) is 4.79 Å². The van der Waals surface area contributed by atoms with Crippen LogP contribution in [0, 0.1) is 0 Å². The first-order chi connectivity index (χ1) is 13.1. The number of rotatable bonds is 11. The van der Waals surface area contributed by atoms with Gasteiger partial charge in [-0.1, -0.05) is 63.1 Å². The van der Waals surface area contributed by atoms with E-state index in [1.807, 2.05) is 24.3 Å². The van der Waals surface area contributed by atoms with E-state index in [-0.39, 0.29) is 12.1 Å². The maximum atomic E-state index is 11.8. The monoisotopic (exact) mass is 368 g/mol. The molecule has 2 aromatic carbocycles. The summed E-state index contributed by atoms with van der Waals surface area (Å²) in [5.41, 5.74) is 3.55. The van der Waals surface area contributed by atoms with Crippen molar-refractivity contribution in [1.29, 1.82) is 0 Å². The third kappa shape index (κ3) is 7.56. The number of ether oxygens (including phenoxy) is 2. The van der Waals surface area contributed by atoms with E-state index in [1.165, 1.54) is 5.56 Å². The SMILES string of the molecule is CCCCCC(=O)Oc1ccc(-c2ccc(CC(C)OCCC)cc2)cc1. The molecule has 0 aliphatic carbocycles. The number of carbonyl (C=O) groups excluding carboxylic acids is 1. The van der Waals surface area contributed by atoms with Gasteiger partial charge in [-0.05, 0) is 55.0 Å². The number of esters is 1. The van der Waals surface area contributed by atoms with Crippen molar-refractivity contribution < 1.29 is 14.3 Å². The zero-order chi connectivity index (χ0) is 19.5. The highest BCUT2D eigenvalue weighted by Gasteiger charge is 2.06. The van der Waals surface area contributed by atoms with Gasteiger partial charge >= 0.3 is 5.97 Å². The van der Waals surface area contributed by atoms with E-state index in [0.29, 0.717) is 12.2 Å². The molecule has 1 atom stereocenters. The first-order valence-electron chi connectivity index (χ1n) is 10.1. The minimum atomic E-state index is -0.153. The molecule has 27 heavy (non-hydrogen) atoms. The topological polar surface area (TPSA) is 35.5 Å². The van der Waals surface area contributed by atoms with E-state index in [4.69, 9.17) is 9.47 Å². The predicted octanol–water partition coefficient (Wildman–Crippen LogP) is 6.20. The van der Waals surface area contributed by atoms with Gasteiger partial charge in [-0.25, -0.2) is 0 Å². The molecular weight excluding hydrogens is 336 g/mol. The summed E-state index contributed by atoms with van der Waals surface area (Å²) in [4.78, 5) is 11.8.